The van der Waals surface area contributed by atoms with Crippen LogP contribution in [0.4, 0.5) is 5.69 Å². The smallest absolute Gasteiger partial charge is 0.250 e. The van der Waals surface area contributed by atoms with E-state index in [4.69, 9.17) is 10.2 Å². The number of rotatable bonds is 3. The third-order valence-electron chi connectivity index (χ3n) is 7.71. The van der Waals surface area contributed by atoms with Crippen LogP contribution in [0.3, 0.4) is 0 Å². The number of nitrogens with two attached hydrogens (primary N) is 1. The largest absolute Gasteiger partial charge is 0.543 e. The van der Waals surface area contributed by atoms with Crippen molar-refractivity contribution in [2.75, 3.05) is 5.73 Å². The second kappa shape index (κ2) is 8.53. The molecule has 4 rings (SSSR count). The van der Waals surface area contributed by atoms with Gasteiger partial charge in [-0.1, -0.05) is 20.8 Å². The molecule has 0 saturated heterocycles. The zero-order valence-corrected chi connectivity index (χ0v) is 23.7. The first-order valence-electron chi connectivity index (χ1n) is 11.6. The topological polar surface area (TPSA) is 35.2 Å². The lowest BCUT2D eigenvalue weighted by Crippen LogP contribution is -2.44. The fourth-order valence-corrected chi connectivity index (χ4v) is 7.06. The van der Waals surface area contributed by atoms with Crippen molar-refractivity contribution in [2.24, 2.45) is 0 Å². The van der Waals surface area contributed by atoms with Crippen molar-refractivity contribution in [1.29, 1.82) is 0 Å². The Hall–Kier alpha value is -0.783. The molecule has 0 spiro atoms. The summed E-state index contributed by atoms with van der Waals surface area (Å²) < 4.78 is 8.91. The highest BCUT2D eigenvalue weighted by molar-refractivity contribution is 9.11. The average Bonchev–Trinajstić information content (AvgIpc) is 2.68. The van der Waals surface area contributed by atoms with Crippen molar-refractivity contribution >= 4 is 45.9 Å². The molecule has 1 unspecified atom stereocenters. The summed E-state index contributed by atoms with van der Waals surface area (Å²) in [7, 11) is -1.93. The van der Waals surface area contributed by atoms with Gasteiger partial charge >= 0.3 is 0 Å². The first-order valence-corrected chi connectivity index (χ1v) is 16.1. The molecular weight excluding hydrogens is 530 g/mol. The van der Waals surface area contributed by atoms with E-state index in [0.29, 0.717) is 5.92 Å². The highest BCUT2D eigenvalue weighted by atomic mass is 79.9. The van der Waals surface area contributed by atoms with Crippen LogP contribution in [0.2, 0.25) is 18.1 Å². The van der Waals surface area contributed by atoms with E-state index in [2.05, 4.69) is 83.9 Å². The minimum absolute atomic E-state index is 0.162. The second-order valence-electron chi connectivity index (χ2n) is 10.8. The van der Waals surface area contributed by atoms with Gasteiger partial charge in [0.2, 0.25) is 0 Å². The Labute approximate surface area is 205 Å². The summed E-state index contributed by atoms with van der Waals surface area (Å²) in [6.07, 6.45) is 8.34. The van der Waals surface area contributed by atoms with E-state index in [-0.39, 0.29) is 5.04 Å². The molecule has 1 atom stereocenters. The molecule has 0 aromatic heterocycles. The maximum absolute atomic E-state index is 6.77. The van der Waals surface area contributed by atoms with Crippen molar-refractivity contribution < 1.29 is 4.43 Å². The van der Waals surface area contributed by atoms with Crippen LogP contribution >= 0.6 is 31.9 Å². The van der Waals surface area contributed by atoms with E-state index >= 15 is 0 Å². The summed E-state index contributed by atoms with van der Waals surface area (Å²) in [5.41, 5.74) is 14.9. The van der Waals surface area contributed by atoms with Crippen LogP contribution in [0.15, 0.2) is 27.1 Å². The normalized spacial score (nSPS) is 19.0. The van der Waals surface area contributed by atoms with Gasteiger partial charge in [0.1, 0.15) is 5.75 Å². The molecule has 2 aromatic carbocycles. The van der Waals surface area contributed by atoms with Crippen molar-refractivity contribution in [2.45, 2.75) is 89.8 Å². The molecule has 2 N–H and O–H groups in total. The minimum Gasteiger partial charge on any atom is -0.543 e. The van der Waals surface area contributed by atoms with E-state index in [1.54, 1.807) is 0 Å². The lowest BCUT2D eigenvalue weighted by atomic mass is 9.74. The van der Waals surface area contributed by atoms with E-state index < -0.39 is 8.32 Å². The van der Waals surface area contributed by atoms with E-state index in [0.717, 1.165) is 39.6 Å². The number of anilines is 1. The zero-order chi connectivity index (χ0) is 22.6. The molecule has 2 aliphatic rings. The predicted molar refractivity (Wildman–Crippen MR) is 142 cm³/mol. The summed E-state index contributed by atoms with van der Waals surface area (Å²) >= 11 is 7.59. The van der Waals surface area contributed by atoms with Gasteiger partial charge in [-0.3, -0.25) is 0 Å². The highest BCUT2D eigenvalue weighted by Crippen LogP contribution is 2.48. The molecule has 0 fully saturated rings. The fraction of sp³-hybridized carbons (Fsp3) is 0.538. The van der Waals surface area contributed by atoms with Gasteiger partial charge in [0, 0.05) is 16.1 Å². The van der Waals surface area contributed by atoms with Gasteiger partial charge in [0.15, 0.2) is 0 Å². The maximum Gasteiger partial charge on any atom is 0.250 e. The summed E-state index contributed by atoms with van der Waals surface area (Å²) in [4.78, 5) is 0. The second-order valence-corrected chi connectivity index (χ2v) is 17.3. The van der Waals surface area contributed by atoms with Gasteiger partial charge in [0.05, 0.1) is 4.47 Å². The standard InChI is InChI=1S/C26H35Br2NOSi/c1-26(2,3)31(4,5)30-23-15-20-17(13-21(23)27)10-8-12-19(20)24-18-11-7-6-9-16(18)14-22(28)25(24)29/h13-15,19H,6-12,29H2,1-5H3. The number of aryl methyl sites for hydroxylation is 2. The van der Waals surface area contributed by atoms with Gasteiger partial charge in [-0.15, -0.1) is 0 Å². The first-order chi connectivity index (χ1) is 14.5. The molecule has 0 radical (unpaired) electrons. The summed E-state index contributed by atoms with van der Waals surface area (Å²) in [5.74, 6) is 1.35. The van der Waals surface area contributed by atoms with Crippen molar-refractivity contribution in [1.82, 2.24) is 0 Å². The number of nitrogen functional groups attached to an aromatic ring is 1. The SMILES string of the molecule is CC(C)(C)[Si](C)(C)Oc1cc2c(cc1Br)CCCC2c1c(N)c(Br)cc2c1CCCC2. The van der Waals surface area contributed by atoms with Crippen LogP contribution in [0.25, 0.3) is 0 Å². The van der Waals surface area contributed by atoms with Gasteiger partial charge < -0.3 is 10.2 Å². The van der Waals surface area contributed by atoms with Crippen LogP contribution in [0.5, 0.6) is 5.75 Å². The zero-order valence-electron chi connectivity index (χ0n) is 19.5. The number of fused-ring (bicyclic) bond motifs is 2. The molecule has 0 amide bonds. The van der Waals surface area contributed by atoms with Gasteiger partial charge in [0.25, 0.3) is 8.32 Å². The Morgan fingerprint density at radius 2 is 1.58 bits per heavy atom. The summed E-state index contributed by atoms with van der Waals surface area (Å²) in [6.45, 7) is 11.5. The molecular formula is C26H35Br2NOSi. The number of hydrogen-bond acceptors (Lipinski definition) is 2. The number of benzene rings is 2. The lowest BCUT2D eigenvalue weighted by Gasteiger charge is -2.38. The number of halogens is 2. The third kappa shape index (κ3) is 4.39. The molecule has 2 aliphatic carbocycles. The van der Waals surface area contributed by atoms with Crippen LogP contribution < -0.4 is 10.2 Å². The highest BCUT2D eigenvalue weighted by Gasteiger charge is 2.40. The van der Waals surface area contributed by atoms with Crippen LogP contribution in [-0.2, 0) is 19.3 Å². The van der Waals surface area contributed by atoms with E-state index in [1.807, 2.05) is 0 Å². The van der Waals surface area contributed by atoms with Crippen molar-refractivity contribution in [3.05, 3.63) is 55.0 Å². The lowest BCUT2D eigenvalue weighted by molar-refractivity contribution is 0.487. The van der Waals surface area contributed by atoms with Crippen molar-refractivity contribution in [3.63, 3.8) is 0 Å². The maximum atomic E-state index is 6.77. The molecule has 5 heteroatoms. The molecule has 0 aliphatic heterocycles. The quantitative estimate of drug-likeness (QED) is 0.299. The van der Waals surface area contributed by atoms with Crippen LogP contribution in [-0.4, -0.2) is 8.32 Å². The molecule has 168 valence electrons. The van der Waals surface area contributed by atoms with Crippen molar-refractivity contribution in [3.8, 4) is 5.75 Å². The van der Waals surface area contributed by atoms with Crippen LogP contribution in [0, 0.1) is 0 Å². The Balaban J connectivity index is 1.83. The van der Waals surface area contributed by atoms with Crippen LogP contribution in [0.1, 0.15) is 80.2 Å². The molecule has 2 nitrogen and oxygen atoms in total. The summed E-state index contributed by atoms with van der Waals surface area (Å²) in [5, 5.41) is 0.162. The number of hydrogen-bond donors (Lipinski definition) is 1. The van der Waals surface area contributed by atoms with E-state index in [9.17, 15) is 0 Å². The predicted octanol–water partition coefficient (Wildman–Crippen LogP) is 8.52. The van der Waals surface area contributed by atoms with Gasteiger partial charge in [-0.2, -0.15) is 0 Å². The Kier molecular flexibility index (Phi) is 6.43. The van der Waals surface area contributed by atoms with Gasteiger partial charge in [-0.05, 0) is 141 Å². The first kappa shape index (κ1) is 23.4. The Morgan fingerprint density at radius 1 is 0.935 bits per heavy atom. The third-order valence-corrected chi connectivity index (χ3v) is 13.3. The Bertz CT molecular complexity index is 1010. The summed E-state index contributed by atoms with van der Waals surface area (Å²) in [6, 6.07) is 6.91. The molecule has 0 heterocycles. The minimum atomic E-state index is -1.93. The molecule has 31 heavy (non-hydrogen) atoms. The monoisotopic (exact) mass is 563 g/mol. The van der Waals surface area contributed by atoms with Gasteiger partial charge in [-0.25, -0.2) is 0 Å². The van der Waals surface area contributed by atoms with E-state index in [1.165, 1.54) is 53.5 Å². The Morgan fingerprint density at radius 3 is 2.29 bits per heavy atom. The average molecular weight is 565 g/mol. The molecule has 0 saturated carbocycles. The molecule has 2 aromatic rings. The fourth-order valence-electron chi connectivity index (χ4n) is 4.92. The molecule has 0 bridgehead atoms.